The molecule has 0 unspecified atom stereocenters. The van der Waals surface area contributed by atoms with Crippen molar-refractivity contribution in [2.75, 3.05) is 7.11 Å². The number of aryl methyl sites for hydroxylation is 1. The Kier molecular flexibility index (Phi) is 4.66. The fraction of sp³-hybridized carbons (Fsp3) is 0.353. The van der Waals surface area contributed by atoms with Gasteiger partial charge in [-0.1, -0.05) is 0 Å². The number of methoxy groups -OCH3 is 1. The molecule has 0 saturated carbocycles. The van der Waals surface area contributed by atoms with Crippen LogP contribution in [-0.4, -0.2) is 23.4 Å². The molecular weight excluding hydrogens is 346 g/mol. The van der Waals surface area contributed by atoms with E-state index in [1.807, 2.05) is 52.0 Å². The molecule has 0 aliphatic carbocycles. The van der Waals surface area contributed by atoms with E-state index < -0.39 is 11.7 Å². The third-order valence-corrected chi connectivity index (χ3v) is 3.39. The number of benzene rings is 1. The van der Waals surface area contributed by atoms with Gasteiger partial charge < -0.3 is 9.47 Å². The number of ether oxygens (including phenoxy) is 2. The minimum Gasteiger partial charge on any atom is -0.497 e. The molecule has 0 spiro atoms. The second kappa shape index (κ2) is 6.16. The molecule has 2 aromatic rings. The fourth-order valence-corrected chi connectivity index (χ4v) is 2.55. The van der Waals surface area contributed by atoms with Crippen LogP contribution in [0.2, 0.25) is 0 Å². The zero-order valence-corrected chi connectivity index (χ0v) is 15.0. The highest BCUT2D eigenvalue weighted by Gasteiger charge is 2.21. The summed E-state index contributed by atoms with van der Waals surface area (Å²) in [7, 11) is 1.63. The Morgan fingerprint density at radius 3 is 2.45 bits per heavy atom. The van der Waals surface area contributed by atoms with E-state index in [1.54, 1.807) is 13.3 Å². The first-order valence-corrected chi connectivity index (χ1v) is 7.76. The Bertz CT molecular complexity index is 698. The van der Waals surface area contributed by atoms with Crippen molar-refractivity contribution in [3.05, 3.63) is 40.5 Å². The minimum atomic E-state index is -0.546. The molecule has 0 N–H and O–H groups in total. The topological polar surface area (TPSA) is 40.5 Å². The predicted molar refractivity (Wildman–Crippen MR) is 90.5 cm³/mol. The first kappa shape index (κ1) is 16.6. The van der Waals surface area contributed by atoms with Crippen molar-refractivity contribution in [3.8, 4) is 17.0 Å². The van der Waals surface area contributed by atoms with Crippen molar-refractivity contribution in [3.63, 3.8) is 0 Å². The van der Waals surface area contributed by atoms with Crippen LogP contribution in [0.1, 0.15) is 26.3 Å². The lowest BCUT2D eigenvalue weighted by Gasteiger charge is -2.20. The second-order valence-corrected chi connectivity index (χ2v) is 7.05. The first-order valence-electron chi connectivity index (χ1n) is 6.97. The van der Waals surface area contributed by atoms with Crippen molar-refractivity contribution in [1.29, 1.82) is 0 Å². The summed E-state index contributed by atoms with van der Waals surface area (Å²) >= 11 is 3.42. The molecule has 1 aromatic heterocycles. The van der Waals surface area contributed by atoms with Crippen LogP contribution < -0.4 is 4.74 Å². The lowest BCUT2D eigenvalue weighted by molar-refractivity contribution is 0.0540. The summed E-state index contributed by atoms with van der Waals surface area (Å²) in [6.07, 6.45) is 1.30. The van der Waals surface area contributed by atoms with Crippen molar-refractivity contribution >= 4 is 22.0 Å². The summed E-state index contributed by atoms with van der Waals surface area (Å²) < 4.78 is 13.1. The zero-order chi connectivity index (χ0) is 16.5. The Labute approximate surface area is 139 Å². The molecule has 118 valence electrons. The Hall–Kier alpha value is -1.75. The summed E-state index contributed by atoms with van der Waals surface area (Å²) in [6.45, 7) is 7.53. The Morgan fingerprint density at radius 2 is 1.86 bits per heavy atom. The van der Waals surface area contributed by atoms with Gasteiger partial charge in [-0.05, 0) is 73.5 Å². The average molecular weight is 366 g/mol. The lowest BCUT2D eigenvalue weighted by atomic mass is 10.1. The molecule has 0 aliphatic heterocycles. The van der Waals surface area contributed by atoms with E-state index in [-0.39, 0.29) is 0 Å². The molecule has 0 saturated heterocycles. The van der Waals surface area contributed by atoms with Crippen LogP contribution >= 0.6 is 15.9 Å². The fourth-order valence-electron chi connectivity index (χ4n) is 2.13. The smallest absolute Gasteiger partial charge is 0.419 e. The quantitative estimate of drug-likeness (QED) is 0.750. The van der Waals surface area contributed by atoms with Crippen molar-refractivity contribution in [2.24, 2.45) is 0 Å². The molecule has 4 nitrogen and oxygen atoms in total. The van der Waals surface area contributed by atoms with E-state index in [0.29, 0.717) is 0 Å². The standard InChI is InChI=1S/C17H20BrNO3/c1-11-6-12(8-14(7-11)21-5)15-9-13(18)10-19(15)16(20)22-17(2,3)4/h6-10H,1-5H3. The Morgan fingerprint density at radius 1 is 1.18 bits per heavy atom. The van der Waals surface area contributed by atoms with Gasteiger partial charge >= 0.3 is 6.09 Å². The van der Waals surface area contributed by atoms with Crippen LogP contribution in [-0.2, 0) is 4.74 Å². The van der Waals surface area contributed by atoms with Gasteiger partial charge in [-0.25, -0.2) is 4.79 Å². The Balaban J connectivity index is 2.49. The molecule has 1 aromatic carbocycles. The summed E-state index contributed by atoms with van der Waals surface area (Å²) in [6, 6.07) is 7.73. The van der Waals surface area contributed by atoms with Crippen LogP contribution in [0.5, 0.6) is 5.75 Å². The van der Waals surface area contributed by atoms with E-state index in [1.165, 1.54) is 4.57 Å². The molecule has 0 radical (unpaired) electrons. The van der Waals surface area contributed by atoms with Gasteiger partial charge in [0.25, 0.3) is 0 Å². The van der Waals surface area contributed by atoms with Gasteiger partial charge in [-0.2, -0.15) is 0 Å². The zero-order valence-electron chi connectivity index (χ0n) is 13.4. The minimum absolute atomic E-state index is 0.409. The third-order valence-electron chi connectivity index (χ3n) is 2.96. The van der Waals surface area contributed by atoms with Crippen molar-refractivity contribution in [2.45, 2.75) is 33.3 Å². The molecule has 2 rings (SSSR count). The second-order valence-electron chi connectivity index (χ2n) is 6.13. The molecule has 0 aliphatic rings. The summed E-state index contributed by atoms with van der Waals surface area (Å²) in [4.78, 5) is 12.4. The van der Waals surface area contributed by atoms with Crippen LogP contribution in [0.15, 0.2) is 34.9 Å². The predicted octanol–water partition coefficient (Wildman–Crippen LogP) is 5.02. The average Bonchev–Trinajstić information content (AvgIpc) is 2.78. The third kappa shape index (κ3) is 3.91. The number of rotatable bonds is 2. The number of hydrogen-bond donors (Lipinski definition) is 0. The maximum Gasteiger partial charge on any atom is 0.419 e. The maximum atomic E-state index is 12.4. The summed E-state index contributed by atoms with van der Waals surface area (Å²) in [5, 5.41) is 0. The van der Waals surface area contributed by atoms with Gasteiger partial charge in [-0.15, -0.1) is 0 Å². The number of carbonyl (C=O) groups excluding carboxylic acids is 1. The number of halogens is 1. The maximum absolute atomic E-state index is 12.4. The van der Waals surface area contributed by atoms with Gasteiger partial charge in [0.15, 0.2) is 0 Å². The molecular formula is C17H20BrNO3. The molecule has 0 atom stereocenters. The first-order chi connectivity index (χ1) is 10.2. The van der Waals surface area contributed by atoms with Gasteiger partial charge in [0.2, 0.25) is 0 Å². The van der Waals surface area contributed by atoms with Gasteiger partial charge in [0.1, 0.15) is 11.4 Å². The molecule has 0 bridgehead atoms. The lowest BCUT2D eigenvalue weighted by Crippen LogP contribution is -2.27. The van der Waals surface area contributed by atoms with Crippen LogP contribution in [0.4, 0.5) is 4.79 Å². The number of nitrogens with zero attached hydrogens (tertiary/aromatic N) is 1. The molecule has 1 heterocycles. The highest BCUT2D eigenvalue weighted by Crippen LogP contribution is 2.30. The van der Waals surface area contributed by atoms with E-state index >= 15 is 0 Å². The monoisotopic (exact) mass is 365 g/mol. The molecule has 22 heavy (non-hydrogen) atoms. The highest BCUT2D eigenvalue weighted by molar-refractivity contribution is 9.10. The number of hydrogen-bond acceptors (Lipinski definition) is 3. The summed E-state index contributed by atoms with van der Waals surface area (Å²) in [5.41, 5.74) is 2.16. The number of aromatic nitrogens is 1. The van der Waals surface area contributed by atoms with Gasteiger partial charge in [-0.3, -0.25) is 4.57 Å². The SMILES string of the molecule is COc1cc(C)cc(-c2cc(Br)cn2C(=O)OC(C)(C)C)c1. The van der Waals surface area contributed by atoms with Crippen LogP contribution in [0.25, 0.3) is 11.3 Å². The van der Waals surface area contributed by atoms with E-state index in [2.05, 4.69) is 15.9 Å². The van der Waals surface area contributed by atoms with E-state index in [9.17, 15) is 4.79 Å². The van der Waals surface area contributed by atoms with Crippen LogP contribution in [0.3, 0.4) is 0 Å². The molecule has 0 amide bonds. The number of carbonyl (C=O) groups is 1. The van der Waals surface area contributed by atoms with Crippen LogP contribution in [0, 0.1) is 6.92 Å². The molecule has 0 fully saturated rings. The van der Waals surface area contributed by atoms with Crippen molar-refractivity contribution in [1.82, 2.24) is 4.57 Å². The van der Waals surface area contributed by atoms with Gasteiger partial charge in [0.05, 0.1) is 12.8 Å². The highest BCUT2D eigenvalue weighted by atomic mass is 79.9. The summed E-state index contributed by atoms with van der Waals surface area (Å²) in [5.74, 6) is 0.753. The molecule has 5 heteroatoms. The normalized spacial score (nSPS) is 11.4. The van der Waals surface area contributed by atoms with Gasteiger partial charge in [0, 0.05) is 16.2 Å². The largest absolute Gasteiger partial charge is 0.497 e. The van der Waals surface area contributed by atoms with E-state index in [4.69, 9.17) is 9.47 Å². The van der Waals surface area contributed by atoms with E-state index in [0.717, 1.165) is 27.0 Å². The van der Waals surface area contributed by atoms with Crippen molar-refractivity contribution < 1.29 is 14.3 Å².